The molecule has 12 heteroatoms. The number of carbonyl (C=O) groups excluding carboxylic acids is 1. The van der Waals surface area contributed by atoms with Crippen molar-refractivity contribution in [2.45, 2.75) is 70.8 Å². The molecule has 2 saturated carbocycles. The van der Waals surface area contributed by atoms with E-state index in [9.17, 15) is 39.9 Å². The maximum Gasteiger partial charge on any atom is 0.573 e. The summed E-state index contributed by atoms with van der Waals surface area (Å²) < 4.78 is 122. The molecule has 2 fully saturated rings. The molecule has 0 unspecified atom stereocenters. The smallest absolute Gasteiger partial charge is 0.432 e. The number of hydrogen-bond acceptors (Lipinski definition) is 4. The zero-order valence-electron chi connectivity index (χ0n) is 21.5. The number of esters is 1. The van der Waals surface area contributed by atoms with Crippen molar-refractivity contribution >= 4 is 5.97 Å². The van der Waals surface area contributed by atoms with Gasteiger partial charge in [0, 0.05) is 18.2 Å². The molecule has 0 atom stereocenters. The van der Waals surface area contributed by atoms with Gasteiger partial charge in [-0.05, 0) is 68.4 Å². The number of benzene rings is 2. The van der Waals surface area contributed by atoms with Crippen molar-refractivity contribution in [3.63, 3.8) is 0 Å². The van der Waals surface area contributed by atoms with Gasteiger partial charge in [-0.1, -0.05) is 19.8 Å². The molecule has 0 bridgehead atoms. The van der Waals surface area contributed by atoms with Gasteiger partial charge in [0.15, 0.2) is 11.6 Å². The van der Waals surface area contributed by atoms with E-state index in [0.29, 0.717) is 60.9 Å². The highest BCUT2D eigenvalue weighted by Gasteiger charge is 2.45. The minimum atomic E-state index is -5.18. The fourth-order valence-corrected chi connectivity index (χ4v) is 5.64. The van der Waals surface area contributed by atoms with E-state index in [1.807, 2.05) is 0 Å². The van der Waals surface area contributed by atoms with Crippen LogP contribution < -0.4 is 14.2 Å². The third-order valence-electron chi connectivity index (χ3n) is 7.79. The lowest BCUT2D eigenvalue weighted by Gasteiger charge is -2.38. The van der Waals surface area contributed by atoms with Gasteiger partial charge < -0.3 is 14.2 Å². The Labute approximate surface area is 225 Å². The van der Waals surface area contributed by atoms with Crippen molar-refractivity contribution < 1.29 is 54.1 Å². The number of halogens is 8. The van der Waals surface area contributed by atoms with Crippen LogP contribution in [0.4, 0.5) is 35.1 Å². The monoisotopic (exact) mass is 580 g/mol. The number of hydrogen-bond donors (Lipinski definition) is 0. The van der Waals surface area contributed by atoms with E-state index in [1.54, 1.807) is 0 Å². The molecule has 0 amide bonds. The summed E-state index contributed by atoms with van der Waals surface area (Å²) >= 11 is 0. The lowest BCUT2D eigenvalue weighted by atomic mass is 9.69. The highest BCUT2D eigenvalue weighted by molar-refractivity contribution is 5.91. The Hall–Kier alpha value is -3.05. The number of carbonyl (C=O) groups is 1. The van der Waals surface area contributed by atoms with E-state index >= 15 is 0 Å². The molecule has 2 aromatic rings. The molecule has 0 saturated heterocycles. The summed E-state index contributed by atoms with van der Waals surface area (Å²) in [6.45, 7) is 2.21. The van der Waals surface area contributed by atoms with Crippen molar-refractivity contribution in [1.29, 1.82) is 0 Å². The van der Waals surface area contributed by atoms with Crippen molar-refractivity contribution in [2.24, 2.45) is 23.7 Å². The summed E-state index contributed by atoms with van der Waals surface area (Å²) in [6.07, 6.45) is -2.73. The average molecular weight is 581 g/mol. The number of ether oxygens (including phenoxy) is 3. The topological polar surface area (TPSA) is 44.8 Å². The van der Waals surface area contributed by atoms with Crippen molar-refractivity contribution in [1.82, 2.24) is 0 Å². The summed E-state index contributed by atoms with van der Waals surface area (Å²) in [7, 11) is 0. The average Bonchev–Trinajstić information content (AvgIpc) is 2.85. The van der Waals surface area contributed by atoms with Gasteiger partial charge in [0.05, 0.1) is 5.92 Å². The molecule has 4 rings (SSSR count). The molecule has 4 nitrogen and oxygen atoms in total. The molecule has 2 aliphatic rings. The molecule has 0 N–H and O–H groups in total. The summed E-state index contributed by atoms with van der Waals surface area (Å²) in [6, 6.07) is 2.36. The first kappa shape index (κ1) is 29.9. The molecule has 0 heterocycles. The normalized spacial score (nSPS) is 23.9. The predicted octanol–water partition coefficient (Wildman–Crippen LogP) is 8.83. The standard InChI is InChI=1S/C28H28F8O4/c1-15-2-4-16(5-3-15)17-6-8-18(9-7-17)27(32,33)39-20-13-22(30)25(23(31)14-20)26(37)38-19-10-11-24(21(29)12-19)40-28(34,35)36/h10-18H,2-9H2,1H3. The zero-order valence-corrected chi connectivity index (χ0v) is 21.5. The minimum absolute atomic E-state index is 0.211. The largest absolute Gasteiger partial charge is 0.573 e. The first-order valence-corrected chi connectivity index (χ1v) is 13.0. The number of rotatable bonds is 7. The Balaban J connectivity index is 1.38. The van der Waals surface area contributed by atoms with E-state index in [0.717, 1.165) is 25.7 Å². The Bertz CT molecular complexity index is 1180. The second-order valence-corrected chi connectivity index (χ2v) is 10.6. The maximum absolute atomic E-state index is 14.9. The van der Waals surface area contributed by atoms with Crippen LogP contribution in [-0.2, 0) is 0 Å². The highest BCUT2D eigenvalue weighted by atomic mass is 19.4. The third-order valence-corrected chi connectivity index (χ3v) is 7.79. The van der Waals surface area contributed by atoms with Crippen molar-refractivity contribution in [3.8, 4) is 17.2 Å². The van der Waals surface area contributed by atoms with E-state index in [4.69, 9.17) is 4.74 Å². The van der Waals surface area contributed by atoms with Crippen molar-refractivity contribution in [2.75, 3.05) is 0 Å². The number of alkyl halides is 5. The van der Waals surface area contributed by atoms with Crippen LogP contribution >= 0.6 is 0 Å². The summed E-state index contributed by atoms with van der Waals surface area (Å²) in [5.74, 6) is -8.66. The van der Waals surface area contributed by atoms with E-state index in [2.05, 4.69) is 16.4 Å². The van der Waals surface area contributed by atoms with Gasteiger partial charge in [0.2, 0.25) is 0 Å². The first-order valence-electron chi connectivity index (χ1n) is 13.0. The second kappa shape index (κ2) is 11.8. The summed E-state index contributed by atoms with van der Waals surface area (Å²) in [5, 5.41) is 0. The maximum atomic E-state index is 14.9. The highest BCUT2D eigenvalue weighted by Crippen LogP contribution is 2.45. The van der Waals surface area contributed by atoms with E-state index < -0.39 is 64.6 Å². The molecule has 2 aliphatic carbocycles. The Morgan fingerprint density at radius 2 is 1.25 bits per heavy atom. The summed E-state index contributed by atoms with van der Waals surface area (Å²) in [5.41, 5.74) is -1.28. The van der Waals surface area contributed by atoms with E-state index in [-0.39, 0.29) is 12.8 Å². The molecule has 0 spiro atoms. The SMILES string of the molecule is CC1CCC(C2CCC(C(F)(F)Oc3cc(F)c(C(=O)Oc4ccc(OC(F)(F)F)c(F)c4)c(F)c3)CC2)CC1. The molecular formula is C28H28F8O4. The minimum Gasteiger partial charge on any atom is -0.432 e. The van der Waals surface area contributed by atoms with Gasteiger partial charge in [0.1, 0.15) is 28.7 Å². The molecular weight excluding hydrogens is 552 g/mol. The van der Waals surface area contributed by atoms with Crippen LogP contribution in [0.2, 0.25) is 0 Å². The third kappa shape index (κ3) is 7.37. The second-order valence-electron chi connectivity index (χ2n) is 10.6. The molecule has 0 aliphatic heterocycles. The predicted molar refractivity (Wildman–Crippen MR) is 127 cm³/mol. The van der Waals surface area contributed by atoms with Crippen molar-refractivity contribution in [3.05, 3.63) is 53.3 Å². The van der Waals surface area contributed by atoms with Gasteiger partial charge >= 0.3 is 18.4 Å². The molecule has 40 heavy (non-hydrogen) atoms. The summed E-state index contributed by atoms with van der Waals surface area (Å²) in [4.78, 5) is 12.3. The molecule has 0 aromatic heterocycles. The molecule has 0 radical (unpaired) electrons. The first-order chi connectivity index (χ1) is 18.7. The lowest BCUT2D eigenvalue weighted by molar-refractivity contribution is -0.275. The van der Waals surface area contributed by atoms with Crippen LogP contribution in [0.15, 0.2) is 30.3 Å². The van der Waals surface area contributed by atoms with Gasteiger partial charge in [-0.25, -0.2) is 18.0 Å². The van der Waals surface area contributed by atoms with Crippen LogP contribution in [0.3, 0.4) is 0 Å². The van der Waals surface area contributed by atoms with Crippen LogP contribution in [0.25, 0.3) is 0 Å². The Kier molecular flexibility index (Phi) is 8.84. The lowest BCUT2D eigenvalue weighted by Crippen LogP contribution is -2.38. The zero-order chi connectivity index (χ0) is 29.2. The van der Waals surface area contributed by atoms with Gasteiger partial charge in [-0.3, -0.25) is 0 Å². The van der Waals surface area contributed by atoms with Crippen LogP contribution in [-0.4, -0.2) is 18.4 Å². The molecule has 220 valence electrons. The van der Waals surface area contributed by atoms with Gasteiger partial charge in [-0.2, -0.15) is 8.78 Å². The van der Waals surface area contributed by atoms with Crippen LogP contribution in [0.1, 0.15) is 68.6 Å². The Morgan fingerprint density at radius 1 is 0.725 bits per heavy atom. The fourth-order valence-electron chi connectivity index (χ4n) is 5.64. The molecule has 2 aromatic carbocycles. The van der Waals surface area contributed by atoms with Gasteiger partial charge in [0.25, 0.3) is 0 Å². The van der Waals surface area contributed by atoms with Crippen LogP contribution in [0, 0.1) is 41.1 Å². The fraction of sp³-hybridized carbons (Fsp3) is 0.536. The Morgan fingerprint density at radius 3 is 1.77 bits per heavy atom. The van der Waals surface area contributed by atoms with E-state index in [1.165, 1.54) is 0 Å². The van der Waals surface area contributed by atoms with Crippen LogP contribution in [0.5, 0.6) is 17.2 Å². The van der Waals surface area contributed by atoms with Gasteiger partial charge in [-0.15, -0.1) is 13.2 Å². The quantitative estimate of drug-likeness (QED) is 0.187.